The van der Waals surface area contributed by atoms with Crippen LogP contribution >= 0.6 is 0 Å². The van der Waals surface area contributed by atoms with Crippen LogP contribution in [0.25, 0.3) is 0 Å². The van der Waals surface area contributed by atoms with Crippen LogP contribution in [0.15, 0.2) is 24.3 Å². The largest absolute Gasteiger partial charge is 0.337 e. The van der Waals surface area contributed by atoms with Gasteiger partial charge in [0.15, 0.2) is 0 Å². The third-order valence-corrected chi connectivity index (χ3v) is 4.30. The lowest BCUT2D eigenvalue weighted by molar-refractivity contribution is -0.128. The number of nitrogens with zero attached hydrogens (tertiary/aromatic N) is 1. The van der Waals surface area contributed by atoms with Crippen molar-refractivity contribution < 1.29 is 9.18 Å². The van der Waals surface area contributed by atoms with E-state index in [1.165, 1.54) is 37.8 Å². The van der Waals surface area contributed by atoms with E-state index in [1.54, 1.807) is 6.07 Å². The smallest absolute Gasteiger partial charge is 0.224 e. The van der Waals surface area contributed by atoms with Crippen LogP contribution in [0.2, 0.25) is 0 Å². The number of rotatable bonds is 4. The van der Waals surface area contributed by atoms with Crippen LogP contribution in [0.1, 0.15) is 37.7 Å². The Hall–Kier alpha value is -1.42. The van der Waals surface area contributed by atoms with Crippen molar-refractivity contribution in [1.29, 1.82) is 0 Å². The minimum Gasteiger partial charge on any atom is -0.337 e. The molecule has 0 spiro atoms. The number of amides is 1. The van der Waals surface area contributed by atoms with Gasteiger partial charge in [0.05, 0.1) is 0 Å². The first-order valence-electron chi connectivity index (χ1n) is 7.49. The lowest BCUT2D eigenvalue weighted by Crippen LogP contribution is -2.38. The molecule has 1 saturated heterocycles. The first kappa shape index (κ1) is 13.6. The first-order valence-corrected chi connectivity index (χ1v) is 7.49. The monoisotopic (exact) mass is 276 g/mol. The second-order valence-electron chi connectivity index (χ2n) is 5.95. The molecule has 2 aliphatic rings. The van der Waals surface area contributed by atoms with Gasteiger partial charge in [0.25, 0.3) is 0 Å². The summed E-state index contributed by atoms with van der Waals surface area (Å²) >= 11 is 0. The zero-order valence-corrected chi connectivity index (χ0v) is 11.6. The van der Waals surface area contributed by atoms with Crippen molar-refractivity contribution in [2.45, 2.75) is 50.7 Å². The van der Waals surface area contributed by atoms with E-state index in [1.807, 2.05) is 11.0 Å². The van der Waals surface area contributed by atoms with Crippen LogP contribution < -0.4 is 5.32 Å². The van der Waals surface area contributed by atoms with Gasteiger partial charge in [0.2, 0.25) is 5.91 Å². The Kier molecular flexibility index (Phi) is 4.01. The van der Waals surface area contributed by atoms with Gasteiger partial charge in [-0.1, -0.05) is 25.0 Å². The van der Waals surface area contributed by atoms with Crippen molar-refractivity contribution in [2.24, 2.45) is 0 Å². The van der Waals surface area contributed by atoms with E-state index in [0.29, 0.717) is 19.0 Å². The summed E-state index contributed by atoms with van der Waals surface area (Å²) in [5, 5.41) is 3.60. The Morgan fingerprint density at radius 1 is 1.25 bits per heavy atom. The highest BCUT2D eigenvalue weighted by molar-refractivity contribution is 5.79. The van der Waals surface area contributed by atoms with Crippen molar-refractivity contribution in [3.63, 3.8) is 0 Å². The Morgan fingerprint density at radius 2 is 2.05 bits per heavy atom. The summed E-state index contributed by atoms with van der Waals surface area (Å²) in [6.45, 7) is 1.26. The molecule has 1 heterocycles. The van der Waals surface area contributed by atoms with Crippen LogP contribution in [0.4, 0.5) is 4.39 Å². The third kappa shape index (κ3) is 3.18. The summed E-state index contributed by atoms with van der Waals surface area (Å²) < 4.78 is 13.2. The summed E-state index contributed by atoms with van der Waals surface area (Å²) in [5.41, 5.74) is 0.861. The molecular formula is C16H21FN2O. The van der Waals surface area contributed by atoms with Gasteiger partial charge in [-0.3, -0.25) is 4.79 Å². The van der Waals surface area contributed by atoms with Crippen LogP contribution in [0, 0.1) is 5.82 Å². The molecule has 1 aliphatic carbocycles. The molecule has 108 valence electrons. The Labute approximate surface area is 119 Å². The number of benzene rings is 1. The number of carbonyl (C=O) groups is 1. The number of hydrogen-bond donors (Lipinski definition) is 1. The molecule has 2 fully saturated rings. The fourth-order valence-corrected chi connectivity index (χ4v) is 3.32. The molecule has 1 atom stereocenters. The van der Waals surface area contributed by atoms with Gasteiger partial charge in [0.1, 0.15) is 5.82 Å². The molecule has 0 bridgehead atoms. The Balaban J connectivity index is 1.56. The SMILES string of the molecule is O=C1C[C@H](NC2CCCC2)CN1Cc1cccc(F)c1. The van der Waals surface area contributed by atoms with Crippen molar-refractivity contribution in [3.8, 4) is 0 Å². The number of hydrogen-bond acceptors (Lipinski definition) is 2. The van der Waals surface area contributed by atoms with Crippen molar-refractivity contribution >= 4 is 5.91 Å². The van der Waals surface area contributed by atoms with Crippen molar-refractivity contribution in [3.05, 3.63) is 35.6 Å². The lowest BCUT2D eigenvalue weighted by Gasteiger charge is -2.20. The predicted octanol–water partition coefficient (Wildman–Crippen LogP) is 2.46. The van der Waals surface area contributed by atoms with Crippen molar-refractivity contribution in [2.75, 3.05) is 6.54 Å². The quantitative estimate of drug-likeness (QED) is 0.916. The molecule has 1 aliphatic heterocycles. The lowest BCUT2D eigenvalue weighted by atomic mass is 10.2. The molecule has 0 radical (unpaired) electrons. The molecule has 1 N–H and O–H groups in total. The summed E-state index contributed by atoms with van der Waals surface area (Å²) in [5.74, 6) is -0.0699. The number of nitrogens with one attached hydrogen (secondary N) is 1. The Bertz CT molecular complexity index is 485. The zero-order valence-electron chi connectivity index (χ0n) is 11.6. The van der Waals surface area contributed by atoms with Crippen LogP contribution in [-0.2, 0) is 11.3 Å². The highest BCUT2D eigenvalue weighted by Gasteiger charge is 2.31. The highest BCUT2D eigenvalue weighted by atomic mass is 19.1. The van der Waals surface area contributed by atoms with Gasteiger partial charge in [-0.05, 0) is 30.5 Å². The van der Waals surface area contributed by atoms with Gasteiger partial charge < -0.3 is 10.2 Å². The van der Waals surface area contributed by atoms with Gasteiger partial charge in [-0.2, -0.15) is 0 Å². The second-order valence-corrected chi connectivity index (χ2v) is 5.95. The topological polar surface area (TPSA) is 32.3 Å². The molecule has 3 nitrogen and oxygen atoms in total. The molecule has 1 amide bonds. The maximum atomic E-state index is 13.2. The van der Waals surface area contributed by atoms with Gasteiger partial charge in [-0.25, -0.2) is 4.39 Å². The third-order valence-electron chi connectivity index (χ3n) is 4.30. The van der Waals surface area contributed by atoms with E-state index >= 15 is 0 Å². The normalized spacial score (nSPS) is 23.8. The molecule has 1 aromatic rings. The molecule has 1 aromatic carbocycles. The molecule has 20 heavy (non-hydrogen) atoms. The standard InChI is InChI=1S/C16H21FN2O/c17-13-5-3-4-12(8-13)10-19-11-15(9-16(19)20)18-14-6-1-2-7-14/h3-5,8,14-15,18H,1-2,6-7,9-11H2/t15-/m0/s1. The highest BCUT2D eigenvalue weighted by Crippen LogP contribution is 2.21. The molecule has 0 aromatic heterocycles. The van der Waals surface area contributed by atoms with Crippen LogP contribution in [-0.4, -0.2) is 29.4 Å². The van der Waals surface area contributed by atoms with E-state index < -0.39 is 0 Å². The molecule has 1 saturated carbocycles. The predicted molar refractivity (Wildman–Crippen MR) is 75.6 cm³/mol. The van der Waals surface area contributed by atoms with Gasteiger partial charge in [-0.15, -0.1) is 0 Å². The number of likely N-dealkylation sites (tertiary alicyclic amines) is 1. The Morgan fingerprint density at radius 3 is 2.80 bits per heavy atom. The van der Waals surface area contributed by atoms with E-state index in [9.17, 15) is 9.18 Å². The van der Waals surface area contributed by atoms with E-state index in [2.05, 4.69) is 5.32 Å². The maximum absolute atomic E-state index is 13.2. The van der Waals surface area contributed by atoms with E-state index in [0.717, 1.165) is 12.1 Å². The zero-order chi connectivity index (χ0) is 13.9. The first-order chi connectivity index (χ1) is 9.70. The summed E-state index contributed by atoms with van der Waals surface area (Å²) in [4.78, 5) is 13.9. The minimum atomic E-state index is -0.241. The fourth-order valence-electron chi connectivity index (χ4n) is 3.32. The maximum Gasteiger partial charge on any atom is 0.224 e. The molecule has 0 unspecified atom stereocenters. The number of carbonyl (C=O) groups excluding carboxylic acids is 1. The molecule has 3 rings (SSSR count). The summed E-state index contributed by atoms with van der Waals surface area (Å²) in [6.07, 6.45) is 5.63. The van der Waals surface area contributed by atoms with Crippen LogP contribution in [0.5, 0.6) is 0 Å². The number of halogens is 1. The molecular weight excluding hydrogens is 255 g/mol. The molecule has 4 heteroatoms. The van der Waals surface area contributed by atoms with Gasteiger partial charge in [0, 0.05) is 31.6 Å². The van der Waals surface area contributed by atoms with E-state index in [4.69, 9.17) is 0 Å². The van der Waals surface area contributed by atoms with Crippen molar-refractivity contribution in [1.82, 2.24) is 10.2 Å². The second kappa shape index (κ2) is 5.92. The average Bonchev–Trinajstić information content (AvgIpc) is 3.01. The summed E-state index contributed by atoms with van der Waals surface area (Å²) in [7, 11) is 0. The summed E-state index contributed by atoms with van der Waals surface area (Å²) in [6, 6.07) is 7.35. The average molecular weight is 276 g/mol. The minimum absolute atomic E-state index is 0.171. The fraction of sp³-hybridized carbons (Fsp3) is 0.562. The van der Waals surface area contributed by atoms with E-state index in [-0.39, 0.29) is 17.8 Å². The van der Waals surface area contributed by atoms with Crippen LogP contribution in [0.3, 0.4) is 0 Å². The van der Waals surface area contributed by atoms with Gasteiger partial charge >= 0.3 is 0 Å².